The van der Waals surface area contributed by atoms with Gasteiger partial charge in [-0.1, -0.05) is 156 Å². The van der Waals surface area contributed by atoms with Crippen molar-refractivity contribution in [3.8, 4) is 0 Å². The molecule has 0 heterocycles. The Kier molecular flexibility index (Phi) is 68.1. The van der Waals surface area contributed by atoms with Crippen molar-refractivity contribution >= 4 is 185 Å². The average Bonchev–Trinajstić information content (AvgIpc) is 1.68. The van der Waals surface area contributed by atoms with Gasteiger partial charge in [0.2, 0.25) is 0 Å². The molecule has 568 valence electrons. The summed E-state index contributed by atoms with van der Waals surface area (Å²) in [4.78, 5) is 124. The van der Waals surface area contributed by atoms with E-state index >= 15 is 0 Å². The van der Waals surface area contributed by atoms with Crippen LogP contribution in [0.2, 0.25) is 0 Å². The Morgan fingerprint density at radius 3 is 1.47 bits per heavy atom. The van der Waals surface area contributed by atoms with Crippen molar-refractivity contribution in [3.63, 3.8) is 0 Å². The van der Waals surface area contributed by atoms with E-state index in [9.17, 15) is 52.7 Å². The van der Waals surface area contributed by atoms with Crippen LogP contribution in [0.1, 0.15) is 267 Å². The normalized spacial score (nSPS) is 21.2. The van der Waals surface area contributed by atoms with Crippen LogP contribution in [0.15, 0.2) is 22.5 Å². The molecule has 0 spiro atoms. The first-order valence-electron chi connectivity index (χ1n) is 33.4. The number of hydrogen-bond donors (Lipinski definition) is 0. The molecule has 3 fully saturated rings. The van der Waals surface area contributed by atoms with E-state index in [0.29, 0.717) is 57.1 Å². The number of rotatable bonds is 31. The fraction of sp³-hybridized carbons (Fsp3) is 0.783. The van der Waals surface area contributed by atoms with Gasteiger partial charge in [-0.3, -0.25) is 52.7 Å². The number of ether oxygens (including phenoxy) is 6. The van der Waals surface area contributed by atoms with E-state index in [-0.39, 0.29) is 115 Å². The summed E-state index contributed by atoms with van der Waals surface area (Å²) in [5.41, 5.74) is 3.06. The summed E-state index contributed by atoms with van der Waals surface area (Å²) in [6.07, 6.45) is 29.7. The van der Waals surface area contributed by atoms with Crippen LogP contribution in [-0.2, 0) is 104 Å². The second-order valence-electron chi connectivity index (χ2n) is 23.9. The van der Waals surface area contributed by atoms with Crippen molar-refractivity contribution in [2.45, 2.75) is 276 Å². The van der Waals surface area contributed by atoms with Gasteiger partial charge in [0.1, 0.15) is 23.1 Å². The van der Waals surface area contributed by atoms with Gasteiger partial charge in [0, 0.05) is 64.2 Å². The molecular weight excluding hydrogens is 1870 g/mol. The fourth-order valence-corrected chi connectivity index (χ4v) is 13.9. The fourth-order valence-electron chi connectivity index (χ4n) is 12.2. The van der Waals surface area contributed by atoms with Gasteiger partial charge >= 0.3 is 115 Å². The predicted molar refractivity (Wildman–Crippen MR) is 402 cm³/mol. The molecular formula is C69H112Br8Cu2O17. The molecule has 5 aliphatic rings. The molecule has 17 nitrogen and oxygen atoms in total. The third-order valence-electron chi connectivity index (χ3n) is 17.2. The van der Waals surface area contributed by atoms with Gasteiger partial charge in [-0.2, -0.15) is 0 Å². The number of methoxy groups -OCH3 is 5. The van der Waals surface area contributed by atoms with Crippen LogP contribution in [0, 0.1) is 35.5 Å². The summed E-state index contributed by atoms with van der Waals surface area (Å²) >= 11 is 24.4. The van der Waals surface area contributed by atoms with Crippen molar-refractivity contribution < 1.29 is 104 Å². The number of esters is 6. The van der Waals surface area contributed by atoms with Crippen LogP contribution in [0.5, 0.6) is 0 Å². The second kappa shape index (κ2) is 64.2. The molecule has 5 aliphatic carbocycles. The van der Waals surface area contributed by atoms with Gasteiger partial charge in [-0.05, 0) is 128 Å². The van der Waals surface area contributed by atoms with Crippen LogP contribution in [0.25, 0.3) is 0 Å². The first-order chi connectivity index (χ1) is 45.1. The molecule has 0 aromatic rings. The standard InChI is InChI=1S/C15H24O4.2C13H21BrO3.C13H22O3.C13H20O3.C2H3BrO.5BrH.2Cu/c1-4-5-6-7-13-12(10-15(17)18-3)8-9-14(13)19-11(2)16;1-3-4-5-8-13(14)10(6-7-11(13)15)9-12(16)17-2;1-3-4-5-6-10-9(8-12(15)17-2)7-11(14)13(10)16;2*1-3-4-5-6-11-10(7-8-12(11)14)9-13(15)16-2;1-2(3)4;;;;;;;/h12H,4-10H2,1-3H3;10H,3-9H2,1-2H3;9-11H,3-8H2,1-2H3;10-11H,3-9H2,1-2H3;3-9H2,1-2H3;1H3;5*1H;;/q;;;;;;;;;;;2*+2/p-4. The van der Waals surface area contributed by atoms with Crippen molar-refractivity contribution in [1.82, 2.24) is 0 Å². The minimum atomic E-state index is -0.476. The monoisotopic (exact) mass is 1970 g/mol. The number of alkyl halides is 2. The Morgan fingerprint density at radius 1 is 0.531 bits per heavy atom. The van der Waals surface area contributed by atoms with Gasteiger partial charge in [0.05, 0.1) is 64.0 Å². The molecule has 0 aromatic carbocycles. The summed E-state index contributed by atoms with van der Waals surface area (Å²) in [7, 11) is 7.00. The predicted octanol–water partition coefficient (Wildman–Crippen LogP) is 20.1. The summed E-state index contributed by atoms with van der Waals surface area (Å²) in [5.74, 6) is 1.42. The van der Waals surface area contributed by atoms with E-state index in [4.69, 9.17) is 18.9 Å². The van der Waals surface area contributed by atoms with Crippen LogP contribution in [-0.4, -0.2) is 108 Å². The number of Topliss-reactive ketones (excluding diaryl/α,β-unsaturated/α-hetero) is 4. The first kappa shape index (κ1) is 102. The molecule has 3 saturated carbocycles. The molecule has 0 amide bonds. The second-order valence-corrected chi connectivity index (χ2v) is 37.1. The zero-order valence-corrected chi connectivity index (χ0v) is 73.4. The van der Waals surface area contributed by atoms with E-state index in [1.807, 2.05) is 0 Å². The van der Waals surface area contributed by atoms with E-state index in [1.54, 1.807) is 0 Å². The van der Waals surface area contributed by atoms with Crippen molar-refractivity contribution in [3.05, 3.63) is 22.5 Å². The summed E-state index contributed by atoms with van der Waals surface area (Å²) < 4.78 is 28.2. The number of allylic oxidation sites excluding steroid dienone is 3. The van der Waals surface area contributed by atoms with Gasteiger partial charge in [-0.25, -0.2) is 0 Å². The Balaban J connectivity index is -0.000000530. The Bertz CT molecular complexity index is 2340. The number of unbranched alkanes of at least 4 members (excludes halogenated alkanes) is 10. The average molecular weight is 1980 g/mol. The Hall–Kier alpha value is -0.471. The number of halogens is 8. The Morgan fingerprint density at radius 2 is 0.979 bits per heavy atom. The van der Waals surface area contributed by atoms with E-state index in [1.165, 1.54) is 84.9 Å². The molecule has 0 saturated heterocycles. The number of carbonyl (C=O) groups is 11. The zero-order valence-electron chi connectivity index (χ0n) is 58.7. The molecule has 0 aromatic heterocycles. The van der Waals surface area contributed by atoms with Crippen molar-refractivity contribution in [1.29, 1.82) is 0 Å². The Labute approximate surface area is 651 Å². The number of ketones is 4. The quantitative estimate of drug-likeness (QED) is 0.0156. The van der Waals surface area contributed by atoms with E-state index in [0.717, 1.165) is 177 Å². The molecule has 0 aliphatic heterocycles. The minimum absolute atomic E-state index is 0. The molecule has 0 bridgehead atoms. The van der Waals surface area contributed by atoms with Crippen molar-refractivity contribution in [2.75, 3.05) is 35.5 Å². The molecule has 0 N–H and O–H groups in total. The zero-order chi connectivity index (χ0) is 72.9. The van der Waals surface area contributed by atoms with E-state index in [2.05, 4.69) is 148 Å². The van der Waals surface area contributed by atoms with Gasteiger partial charge < -0.3 is 28.4 Å². The van der Waals surface area contributed by atoms with Gasteiger partial charge in [0.25, 0.3) is 0 Å². The van der Waals surface area contributed by atoms with Crippen molar-refractivity contribution in [2.24, 2.45) is 35.5 Å². The maximum absolute atomic E-state index is 12.0. The van der Waals surface area contributed by atoms with Gasteiger partial charge in [0.15, 0.2) is 10.5 Å². The van der Waals surface area contributed by atoms with E-state index < -0.39 is 4.32 Å². The SMILES string of the molecule is Br.CC(=O)Br.CCCCCC1(Br)C(=O)CCC1CC(=O)OC.CCCCCC1=C(CC(=O)OC)CCC1=O.CCCCCC1=C(OC(C)=O)CCC1CC(=O)OC.CCCCCC1C(=O)C(Br)CC1CC(=O)OC.CCCCCC1C(=O)CCC1CC(=O)OC.[Br][Cu][Br].[Br][Cu][Br]. The van der Waals surface area contributed by atoms with Crippen LogP contribution < -0.4 is 0 Å². The van der Waals surface area contributed by atoms with Crippen LogP contribution in [0.3, 0.4) is 0 Å². The molecule has 96 heavy (non-hydrogen) atoms. The molecule has 8 unspecified atom stereocenters. The number of hydrogen-bond acceptors (Lipinski definition) is 17. The number of carbonyl (C=O) groups excluding carboxylic acids is 11. The maximum atomic E-state index is 12.0. The van der Waals surface area contributed by atoms with Crippen LogP contribution >= 0.6 is 121 Å². The van der Waals surface area contributed by atoms with Gasteiger partial charge in [-0.15, -0.1) is 17.0 Å². The summed E-state index contributed by atoms with van der Waals surface area (Å²) in [6.45, 7) is 13.6. The summed E-state index contributed by atoms with van der Waals surface area (Å²) in [6, 6.07) is 0. The first-order valence-corrected chi connectivity index (χ1v) is 45.2. The third-order valence-corrected chi connectivity index (χ3v) is 19.5. The molecule has 5 rings (SSSR count). The molecule has 8 atom stereocenters. The molecule has 0 radical (unpaired) electrons. The summed E-state index contributed by atoms with van der Waals surface area (Å²) in [5, 5.41) is 0. The topological polar surface area (TPSA) is 243 Å². The third kappa shape index (κ3) is 46.3. The van der Waals surface area contributed by atoms with Crippen LogP contribution in [0.4, 0.5) is 0 Å². The molecule has 27 heteroatoms.